The van der Waals surface area contributed by atoms with Crippen molar-refractivity contribution in [3.63, 3.8) is 0 Å². The molecule has 0 aliphatic heterocycles. The minimum atomic E-state index is -0.160. The van der Waals surface area contributed by atoms with Gasteiger partial charge in [-0.15, -0.1) is 0 Å². The predicted octanol–water partition coefficient (Wildman–Crippen LogP) is 7.11. The molecule has 0 saturated heterocycles. The van der Waals surface area contributed by atoms with Gasteiger partial charge >= 0.3 is 0 Å². The standard InChI is InChI=1S/C29H39NO3/c1-19-12-21(26(31)24(14-19)28(3,4)5)16-30(18-23-10-9-11-33-23)17-22-13-20(2)15-25(27(22)32)29(6,7)8/h9-15,31-32H,16-18H2,1-8H3. The molecule has 4 nitrogen and oxygen atoms in total. The number of benzene rings is 2. The first-order valence-electron chi connectivity index (χ1n) is 11.7. The molecular weight excluding hydrogens is 410 g/mol. The van der Waals surface area contributed by atoms with Crippen LogP contribution in [0.3, 0.4) is 0 Å². The third-order valence-corrected chi connectivity index (χ3v) is 6.03. The number of phenols is 2. The second kappa shape index (κ2) is 9.26. The number of rotatable bonds is 6. The van der Waals surface area contributed by atoms with Gasteiger partial charge in [0.15, 0.2) is 0 Å². The van der Waals surface area contributed by atoms with Crippen LogP contribution >= 0.6 is 0 Å². The first-order chi connectivity index (χ1) is 15.3. The molecule has 0 aliphatic carbocycles. The zero-order chi connectivity index (χ0) is 24.6. The van der Waals surface area contributed by atoms with Gasteiger partial charge in [-0.25, -0.2) is 0 Å². The lowest BCUT2D eigenvalue weighted by atomic mass is 9.83. The van der Waals surface area contributed by atoms with Gasteiger partial charge in [0, 0.05) is 24.2 Å². The number of hydrogen-bond acceptors (Lipinski definition) is 4. The van der Waals surface area contributed by atoms with E-state index < -0.39 is 0 Å². The summed E-state index contributed by atoms with van der Waals surface area (Å²) in [6, 6.07) is 12.1. The third-order valence-electron chi connectivity index (χ3n) is 6.03. The maximum Gasteiger partial charge on any atom is 0.123 e. The van der Waals surface area contributed by atoms with Crippen LogP contribution < -0.4 is 0 Å². The van der Waals surface area contributed by atoms with Gasteiger partial charge in [0.25, 0.3) is 0 Å². The summed E-state index contributed by atoms with van der Waals surface area (Å²) in [6.07, 6.45) is 1.68. The van der Waals surface area contributed by atoms with E-state index in [2.05, 4.69) is 84.6 Å². The Morgan fingerprint density at radius 1 is 0.727 bits per heavy atom. The molecule has 0 unspecified atom stereocenters. The Morgan fingerprint density at radius 2 is 1.18 bits per heavy atom. The highest BCUT2D eigenvalue weighted by Crippen LogP contribution is 2.37. The molecule has 0 radical (unpaired) electrons. The largest absolute Gasteiger partial charge is 0.507 e. The molecule has 0 amide bonds. The second-order valence-electron chi connectivity index (χ2n) is 11.4. The van der Waals surface area contributed by atoms with Crippen molar-refractivity contribution in [2.45, 2.75) is 85.9 Å². The van der Waals surface area contributed by atoms with Gasteiger partial charge in [-0.1, -0.05) is 76.9 Å². The molecule has 0 fully saturated rings. The number of nitrogens with zero attached hydrogens (tertiary/aromatic N) is 1. The van der Waals surface area contributed by atoms with Crippen LogP contribution in [0.15, 0.2) is 47.1 Å². The van der Waals surface area contributed by atoms with E-state index >= 15 is 0 Å². The summed E-state index contributed by atoms with van der Waals surface area (Å²) in [4.78, 5) is 2.21. The van der Waals surface area contributed by atoms with Crippen LogP contribution in [-0.2, 0) is 30.5 Å². The first-order valence-corrected chi connectivity index (χ1v) is 11.7. The van der Waals surface area contributed by atoms with Gasteiger partial charge in [-0.2, -0.15) is 0 Å². The van der Waals surface area contributed by atoms with E-state index in [0.717, 1.165) is 39.1 Å². The first kappa shape index (κ1) is 24.9. The fourth-order valence-electron chi connectivity index (χ4n) is 4.36. The van der Waals surface area contributed by atoms with E-state index in [1.807, 2.05) is 12.1 Å². The lowest BCUT2D eigenvalue weighted by Gasteiger charge is -2.28. The molecular formula is C29H39NO3. The molecule has 3 aromatic rings. The van der Waals surface area contributed by atoms with Crippen molar-refractivity contribution in [3.8, 4) is 11.5 Å². The van der Waals surface area contributed by atoms with Gasteiger partial charge in [0.05, 0.1) is 12.8 Å². The van der Waals surface area contributed by atoms with Crippen molar-refractivity contribution in [1.82, 2.24) is 4.90 Å². The summed E-state index contributed by atoms with van der Waals surface area (Å²) in [5.41, 5.74) is 5.59. The summed E-state index contributed by atoms with van der Waals surface area (Å²) in [5.74, 6) is 1.55. The molecule has 1 aromatic heterocycles. The van der Waals surface area contributed by atoms with Gasteiger partial charge < -0.3 is 14.6 Å². The Balaban J connectivity index is 2.02. The fourth-order valence-corrected chi connectivity index (χ4v) is 4.36. The average molecular weight is 450 g/mol. The second-order valence-corrected chi connectivity index (χ2v) is 11.4. The van der Waals surface area contributed by atoms with E-state index in [1.165, 1.54) is 0 Å². The van der Waals surface area contributed by atoms with Gasteiger partial charge in [0.2, 0.25) is 0 Å². The van der Waals surface area contributed by atoms with Crippen molar-refractivity contribution < 1.29 is 14.6 Å². The summed E-state index contributed by atoms with van der Waals surface area (Å²) in [7, 11) is 0. The molecule has 1 heterocycles. The minimum absolute atomic E-state index is 0.160. The molecule has 3 rings (SSSR count). The minimum Gasteiger partial charge on any atom is -0.507 e. The average Bonchev–Trinajstić information content (AvgIpc) is 3.18. The quantitative estimate of drug-likeness (QED) is 0.421. The normalized spacial score (nSPS) is 12.5. The smallest absolute Gasteiger partial charge is 0.123 e. The molecule has 2 N–H and O–H groups in total. The SMILES string of the molecule is Cc1cc(CN(Cc2ccco2)Cc2cc(C)cc(C(C)(C)C)c2O)c(O)c(C(C)(C)C)c1. The Bertz CT molecular complexity index is 1030. The van der Waals surface area contributed by atoms with E-state index in [-0.39, 0.29) is 10.8 Å². The molecule has 2 aromatic carbocycles. The highest BCUT2D eigenvalue weighted by molar-refractivity contribution is 5.48. The zero-order valence-electron chi connectivity index (χ0n) is 21.4. The van der Waals surface area contributed by atoms with Crippen LogP contribution in [0.1, 0.15) is 80.7 Å². The van der Waals surface area contributed by atoms with E-state index in [9.17, 15) is 10.2 Å². The van der Waals surface area contributed by atoms with Crippen molar-refractivity contribution in [3.05, 3.63) is 81.8 Å². The Hall–Kier alpha value is -2.72. The number of phenolic OH excluding ortho intramolecular Hbond substituents is 2. The Labute approximate surface area is 198 Å². The predicted molar refractivity (Wildman–Crippen MR) is 135 cm³/mol. The third kappa shape index (κ3) is 6.00. The van der Waals surface area contributed by atoms with E-state index in [0.29, 0.717) is 31.1 Å². The summed E-state index contributed by atoms with van der Waals surface area (Å²) < 4.78 is 5.64. The summed E-state index contributed by atoms with van der Waals surface area (Å²) >= 11 is 0. The number of aryl methyl sites for hydroxylation is 2. The van der Waals surface area contributed by atoms with Crippen molar-refractivity contribution in [2.24, 2.45) is 0 Å². The molecule has 4 heteroatoms. The molecule has 0 spiro atoms. The maximum atomic E-state index is 11.1. The van der Waals surface area contributed by atoms with Gasteiger partial charge in [0.1, 0.15) is 17.3 Å². The fraction of sp³-hybridized carbons (Fsp3) is 0.448. The molecule has 0 atom stereocenters. The molecule has 0 bridgehead atoms. The van der Waals surface area contributed by atoms with Gasteiger partial charge in [-0.3, -0.25) is 4.90 Å². The van der Waals surface area contributed by atoms with E-state index in [1.54, 1.807) is 6.26 Å². The molecule has 0 saturated carbocycles. The van der Waals surface area contributed by atoms with Crippen molar-refractivity contribution >= 4 is 0 Å². The van der Waals surface area contributed by atoms with Crippen LogP contribution in [0.4, 0.5) is 0 Å². The molecule has 33 heavy (non-hydrogen) atoms. The maximum absolute atomic E-state index is 11.1. The highest BCUT2D eigenvalue weighted by atomic mass is 16.3. The van der Waals surface area contributed by atoms with Crippen LogP contribution in [0.5, 0.6) is 11.5 Å². The van der Waals surface area contributed by atoms with Crippen LogP contribution in [0, 0.1) is 13.8 Å². The Kier molecular flexibility index (Phi) is 6.99. The lowest BCUT2D eigenvalue weighted by molar-refractivity contribution is 0.220. The number of aromatic hydroxyl groups is 2. The highest BCUT2D eigenvalue weighted by Gasteiger charge is 2.24. The molecule has 0 aliphatic rings. The van der Waals surface area contributed by atoms with Crippen molar-refractivity contribution in [1.29, 1.82) is 0 Å². The Morgan fingerprint density at radius 3 is 1.55 bits per heavy atom. The molecule has 178 valence electrons. The summed E-state index contributed by atoms with van der Waals surface area (Å²) in [5, 5.41) is 22.3. The number of furan rings is 1. The van der Waals surface area contributed by atoms with Crippen molar-refractivity contribution in [2.75, 3.05) is 0 Å². The lowest BCUT2D eigenvalue weighted by Crippen LogP contribution is -2.24. The number of hydrogen-bond donors (Lipinski definition) is 2. The van der Waals surface area contributed by atoms with Gasteiger partial charge in [-0.05, 0) is 47.9 Å². The van der Waals surface area contributed by atoms with Crippen LogP contribution in [0.25, 0.3) is 0 Å². The van der Waals surface area contributed by atoms with Crippen LogP contribution in [-0.4, -0.2) is 15.1 Å². The zero-order valence-corrected chi connectivity index (χ0v) is 21.4. The summed E-state index contributed by atoms with van der Waals surface area (Å²) in [6.45, 7) is 18.5. The van der Waals surface area contributed by atoms with Crippen LogP contribution in [0.2, 0.25) is 0 Å². The monoisotopic (exact) mass is 449 g/mol. The van der Waals surface area contributed by atoms with E-state index in [4.69, 9.17) is 4.42 Å². The topological polar surface area (TPSA) is 56.8 Å².